The maximum atomic E-state index is 12.5. The Morgan fingerprint density at radius 3 is 2.72 bits per heavy atom. The zero-order valence-electron chi connectivity index (χ0n) is 9.57. The van der Waals surface area contributed by atoms with Crippen molar-refractivity contribution in [2.24, 2.45) is 0 Å². The van der Waals surface area contributed by atoms with Gasteiger partial charge in [0.15, 0.2) is 0 Å². The zero-order valence-corrected chi connectivity index (χ0v) is 9.57. The van der Waals surface area contributed by atoms with Crippen molar-refractivity contribution in [1.29, 1.82) is 0 Å². The standard InChI is InChI=1S/C11H11F3N4/c1-15-4-8-2-3-16-6-10(8)18-7-9(5-17-18)11(12,13)14/h2-3,5-7,15H,4H2,1H3. The summed E-state index contributed by atoms with van der Waals surface area (Å²) >= 11 is 0. The summed E-state index contributed by atoms with van der Waals surface area (Å²) < 4.78 is 38.6. The zero-order chi connectivity index (χ0) is 13.2. The lowest BCUT2D eigenvalue weighted by Crippen LogP contribution is -2.10. The number of halogens is 3. The van der Waals surface area contributed by atoms with Crippen LogP contribution in [-0.2, 0) is 12.7 Å². The Morgan fingerprint density at radius 2 is 2.11 bits per heavy atom. The van der Waals surface area contributed by atoms with Gasteiger partial charge >= 0.3 is 6.18 Å². The molecule has 2 heterocycles. The molecular weight excluding hydrogens is 245 g/mol. The van der Waals surface area contributed by atoms with Crippen molar-refractivity contribution in [1.82, 2.24) is 20.1 Å². The molecular formula is C11H11F3N4. The van der Waals surface area contributed by atoms with Gasteiger partial charge in [-0.25, -0.2) is 4.68 Å². The van der Waals surface area contributed by atoms with E-state index in [2.05, 4.69) is 15.4 Å². The molecule has 0 bridgehead atoms. The van der Waals surface area contributed by atoms with Gasteiger partial charge < -0.3 is 5.32 Å². The highest BCUT2D eigenvalue weighted by Crippen LogP contribution is 2.29. The quantitative estimate of drug-likeness (QED) is 0.913. The Kier molecular flexibility index (Phi) is 3.33. The van der Waals surface area contributed by atoms with Crippen molar-refractivity contribution in [3.05, 3.63) is 42.0 Å². The smallest absolute Gasteiger partial charge is 0.316 e. The molecule has 0 saturated carbocycles. The Morgan fingerprint density at radius 1 is 1.33 bits per heavy atom. The van der Waals surface area contributed by atoms with E-state index in [0.717, 1.165) is 18.0 Å². The van der Waals surface area contributed by atoms with E-state index < -0.39 is 11.7 Å². The molecule has 96 valence electrons. The maximum Gasteiger partial charge on any atom is 0.419 e. The van der Waals surface area contributed by atoms with Crippen LogP contribution in [0.5, 0.6) is 0 Å². The first-order valence-electron chi connectivity index (χ1n) is 5.22. The first kappa shape index (κ1) is 12.6. The molecule has 0 unspecified atom stereocenters. The third-order valence-electron chi connectivity index (χ3n) is 2.41. The van der Waals surface area contributed by atoms with Gasteiger partial charge in [0, 0.05) is 18.9 Å². The Balaban J connectivity index is 2.40. The summed E-state index contributed by atoms with van der Waals surface area (Å²) in [6.07, 6.45) is 0.445. The third-order valence-corrected chi connectivity index (χ3v) is 2.41. The van der Waals surface area contributed by atoms with Crippen LogP contribution in [0.3, 0.4) is 0 Å². The van der Waals surface area contributed by atoms with Crippen LogP contribution in [0, 0.1) is 0 Å². The fourth-order valence-electron chi connectivity index (χ4n) is 1.56. The van der Waals surface area contributed by atoms with Crippen molar-refractivity contribution >= 4 is 0 Å². The number of nitrogens with one attached hydrogen (secondary N) is 1. The molecule has 0 spiro atoms. The predicted molar refractivity (Wildman–Crippen MR) is 59.1 cm³/mol. The molecule has 0 radical (unpaired) electrons. The van der Waals surface area contributed by atoms with Gasteiger partial charge in [-0.15, -0.1) is 0 Å². The molecule has 1 N–H and O–H groups in total. The second-order valence-electron chi connectivity index (χ2n) is 3.71. The molecule has 0 aliphatic rings. The van der Waals surface area contributed by atoms with Gasteiger partial charge in [0.05, 0.1) is 23.6 Å². The maximum absolute atomic E-state index is 12.5. The summed E-state index contributed by atoms with van der Waals surface area (Å²) in [7, 11) is 1.76. The number of nitrogens with zero attached hydrogens (tertiary/aromatic N) is 3. The van der Waals surface area contributed by atoms with Crippen LogP contribution in [0.4, 0.5) is 13.2 Å². The van der Waals surface area contributed by atoms with Crippen LogP contribution in [-0.4, -0.2) is 21.8 Å². The van der Waals surface area contributed by atoms with Crippen LogP contribution >= 0.6 is 0 Å². The summed E-state index contributed by atoms with van der Waals surface area (Å²) in [6, 6.07) is 1.74. The molecule has 2 aromatic rings. The molecule has 4 nitrogen and oxygen atoms in total. The average Bonchev–Trinajstić information content (AvgIpc) is 2.79. The highest BCUT2D eigenvalue weighted by atomic mass is 19.4. The molecule has 0 amide bonds. The lowest BCUT2D eigenvalue weighted by Gasteiger charge is -2.08. The van der Waals surface area contributed by atoms with E-state index in [9.17, 15) is 13.2 Å². The van der Waals surface area contributed by atoms with Crippen molar-refractivity contribution < 1.29 is 13.2 Å². The Hall–Kier alpha value is -1.89. The molecule has 18 heavy (non-hydrogen) atoms. The van der Waals surface area contributed by atoms with Crippen molar-refractivity contribution in [3.63, 3.8) is 0 Å². The van der Waals surface area contributed by atoms with E-state index in [0.29, 0.717) is 12.2 Å². The Labute approximate surface area is 101 Å². The summed E-state index contributed by atoms with van der Waals surface area (Å²) in [6.45, 7) is 0.527. The van der Waals surface area contributed by atoms with Crippen LogP contribution in [0.15, 0.2) is 30.9 Å². The lowest BCUT2D eigenvalue weighted by molar-refractivity contribution is -0.137. The largest absolute Gasteiger partial charge is 0.419 e. The third kappa shape index (κ3) is 2.51. The molecule has 0 atom stereocenters. The number of hydrogen-bond donors (Lipinski definition) is 1. The van der Waals surface area contributed by atoms with Crippen LogP contribution in [0.25, 0.3) is 5.69 Å². The number of aromatic nitrogens is 3. The normalized spacial score (nSPS) is 11.8. The molecule has 0 aromatic carbocycles. The fourth-order valence-corrected chi connectivity index (χ4v) is 1.56. The van der Waals surface area contributed by atoms with Crippen molar-refractivity contribution in [2.45, 2.75) is 12.7 Å². The first-order valence-corrected chi connectivity index (χ1v) is 5.22. The minimum absolute atomic E-state index is 0.527. The van der Waals surface area contributed by atoms with Crippen molar-refractivity contribution in [2.75, 3.05) is 7.05 Å². The second kappa shape index (κ2) is 4.77. The molecule has 0 fully saturated rings. The topological polar surface area (TPSA) is 42.7 Å². The van der Waals surface area contributed by atoms with Gasteiger partial charge in [0.2, 0.25) is 0 Å². The van der Waals surface area contributed by atoms with Crippen LogP contribution in [0.1, 0.15) is 11.1 Å². The van der Waals surface area contributed by atoms with E-state index in [1.807, 2.05) is 0 Å². The van der Waals surface area contributed by atoms with Gasteiger partial charge in [-0.2, -0.15) is 18.3 Å². The summed E-state index contributed by atoms with van der Waals surface area (Å²) in [5.74, 6) is 0. The van der Waals surface area contributed by atoms with Crippen molar-refractivity contribution in [3.8, 4) is 5.69 Å². The Bertz CT molecular complexity index is 533. The predicted octanol–water partition coefficient (Wildman–Crippen LogP) is 2.01. The minimum Gasteiger partial charge on any atom is -0.316 e. The molecule has 2 rings (SSSR count). The first-order chi connectivity index (χ1) is 8.52. The number of rotatable bonds is 3. The van der Waals surface area contributed by atoms with Gasteiger partial charge in [-0.3, -0.25) is 4.98 Å². The van der Waals surface area contributed by atoms with Gasteiger partial charge in [0.1, 0.15) is 0 Å². The van der Waals surface area contributed by atoms with Gasteiger partial charge in [0.25, 0.3) is 0 Å². The summed E-state index contributed by atoms with van der Waals surface area (Å²) in [5, 5.41) is 6.66. The van der Waals surface area contributed by atoms with E-state index in [4.69, 9.17) is 0 Å². The molecule has 0 saturated heterocycles. The number of pyridine rings is 1. The molecule has 0 aliphatic heterocycles. The number of hydrogen-bond acceptors (Lipinski definition) is 3. The fraction of sp³-hybridized carbons (Fsp3) is 0.273. The minimum atomic E-state index is -4.39. The monoisotopic (exact) mass is 256 g/mol. The van der Waals surface area contributed by atoms with E-state index in [-0.39, 0.29) is 0 Å². The van der Waals surface area contributed by atoms with Crippen LogP contribution < -0.4 is 5.32 Å². The average molecular weight is 256 g/mol. The summed E-state index contributed by atoms with van der Waals surface area (Å²) in [4.78, 5) is 3.91. The SMILES string of the molecule is CNCc1ccncc1-n1cc(C(F)(F)F)cn1. The highest BCUT2D eigenvalue weighted by Gasteiger charge is 2.32. The van der Waals surface area contributed by atoms with E-state index in [1.54, 1.807) is 19.3 Å². The molecule has 2 aromatic heterocycles. The van der Waals surface area contributed by atoms with Gasteiger partial charge in [-0.1, -0.05) is 0 Å². The lowest BCUT2D eigenvalue weighted by atomic mass is 10.2. The number of alkyl halides is 3. The molecule has 7 heteroatoms. The highest BCUT2D eigenvalue weighted by molar-refractivity contribution is 5.38. The van der Waals surface area contributed by atoms with E-state index >= 15 is 0 Å². The van der Waals surface area contributed by atoms with Crippen LogP contribution in [0.2, 0.25) is 0 Å². The van der Waals surface area contributed by atoms with E-state index in [1.165, 1.54) is 10.9 Å². The summed E-state index contributed by atoms with van der Waals surface area (Å²) in [5.41, 5.74) is 0.577. The molecule has 0 aliphatic carbocycles. The van der Waals surface area contributed by atoms with Gasteiger partial charge in [-0.05, 0) is 18.7 Å². The second-order valence-corrected chi connectivity index (χ2v) is 3.71.